The van der Waals surface area contributed by atoms with E-state index in [0.29, 0.717) is 0 Å². The minimum absolute atomic E-state index is 0.739. The van der Waals surface area contributed by atoms with Crippen molar-refractivity contribution in [2.45, 2.75) is 6.42 Å². The van der Waals surface area contributed by atoms with Gasteiger partial charge in [0.1, 0.15) is 5.82 Å². The van der Waals surface area contributed by atoms with E-state index in [1.54, 1.807) is 0 Å². The van der Waals surface area contributed by atoms with Gasteiger partial charge in [0.15, 0.2) is 0 Å². The Hall–Kier alpha value is -1.61. The molecule has 0 aliphatic carbocycles. The Morgan fingerprint density at radius 2 is 2.18 bits per heavy atom. The number of nitrogens with zero attached hydrogens (tertiary/aromatic N) is 1. The topological polar surface area (TPSA) is 37.0 Å². The van der Waals surface area contributed by atoms with Crippen LogP contribution >= 0.6 is 0 Å². The van der Waals surface area contributed by atoms with Crippen LogP contribution in [-0.4, -0.2) is 24.6 Å². The van der Waals surface area contributed by atoms with Crippen molar-refractivity contribution >= 4 is 16.7 Å². The van der Waals surface area contributed by atoms with Gasteiger partial charge in [-0.25, -0.2) is 4.98 Å². The van der Waals surface area contributed by atoms with E-state index in [9.17, 15) is 0 Å². The highest BCUT2D eigenvalue weighted by molar-refractivity contribution is 5.79. The lowest BCUT2D eigenvalue weighted by atomic mass is 10.1. The Morgan fingerprint density at radius 1 is 1.24 bits per heavy atom. The van der Waals surface area contributed by atoms with E-state index >= 15 is 0 Å². The van der Waals surface area contributed by atoms with E-state index < -0.39 is 0 Å². The standard InChI is InChI=1S/C14H17N3/c1-2-4-13-12(3-1)5-6-14(17-13)16-10-11-7-8-15-9-11/h1-6,11,15H,7-10H2,(H,16,17). The maximum Gasteiger partial charge on any atom is 0.126 e. The molecule has 2 aromatic rings. The number of hydrogen-bond acceptors (Lipinski definition) is 3. The molecule has 3 rings (SSSR count). The molecule has 1 fully saturated rings. The molecule has 88 valence electrons. The molecule has 1 saturated heterocycles. The summed E-state index contributed by atoms with van der Waals surface area (Å²) >= 11 is 0. The summed E-state index contributed by atoms with van der Waals surface area (Å²) in [6.45, 7) is 3.29. The van der Waals surface area contributed by atoms with Crippen molar-refractivity contribution in [3.8, 4) is 0 Å². The molecule has 0 bridgehead atoms. The maximum absolute atomic E-state index is 4.60. The molecule has 3 heteroatoms. The van der Waals surface area contributed by atoms with Crippen molar-refractivity contribution in [1.82, 2.24) is 10.3 Å². The fraction of sp³-hybridized carbons (Fsp3) is 0.357. The van der Waals surface area contributed by atoms with E-state index in [-0.39, 0.29) is 0 Å². The van der Waals surface area contributed by atoms with Crippen LogP contribution < -0.4 is 10.6 Å². The molecule has 1 aromatic heterocycles. The van der Waals surface area contributed by atoms with Gasteiger partial charge in [0.25, 0.3) is 0 Å². The first-order chi connectivity index (χ1) is 8.42. The number of pyridine rings is 1. The summed E-state index contributed by atoms with van der Waals surface area (Å²) in [4.78, 5) is 4.60. The van der Waals surface area contributed by atoms with Gasteiger partial charge in [0.2, 0.25) is 0 Å². The summed E-state index contributed by atoms with van der Waals surface area (Å²) in [5.74, 6) is 1.72. The van der Waals surface area contributed by atoms with Gasteiger partial charge in [-0.2, -0.15) is 0 Å². The third kappa shape index (κ3) is 2.39. The largest absolute Gasteiger partial charge is 0.370 e. The van der Waals surface area contributed by atoms with E-state index in [4.69, 9.17) is 0 Å². The Kier molecular flexibility index (Phi) is 2.92. The third-order valence-electron chi connectivity index (χ3n) is 3.33. The zero-order chi connectivity index (χ0) is 11.5. The van der Waals surface area contributed by atoms with Crippen LogP contribution in [0.5, 0.6) is 0 Å². The van der Waals surface area contributed by atoms with Crippen molar-refractivity contribution in [3.05, 3.63) is 36.4 Å². The van der Waals surface area contributed by atoms with Gasteiger partial charge >= 0.3 is 0 Å². The lowest BCUT2D eigenvalue weighted by Crippen LogP contribution is -2.17. The van der Waals surface area contributed by atoms with Crippen molar-refractivity contribution < 1.29 is 0 Å². The maximum atomic E-state index is 4.60. The predicted octanol–water partition coefficient (Wildman–Crippen LogP) is 2.26. The van der Waals surface area contributed by atoms with Crippen molar-refractivity contribution in [3.63, 3.8) is 0 Å². The van der Waals surface area contributed by atoms with Crippen LogP contribution in [0.1, 0.15) is 6.42 Å². The fourth-order valence-electron chi connectivity index (χ4n) is 2.30. The SMILES string of the molecule is c1ccc2nc(NCC3CCNC3)ccc2c1. The van der Waals surface area contributed by atoms with Gasteiger partial charge < -0.3 is 10.6 Å². The molecule has 2 N–H and O–H groups in total. The first kappa shape index (κ1) is 10.5. The summed E-state index contributed by atoms with van der Waals surface area (Å²) in [5, 5.41) is 8.00. The highest BCUT2D eigenvalue weighted by Crippen LogP contribution is 2.15. The molecule has 17 heavy (non-hydrogen) atoms. The van der Waals surface area contributed by atoms with Gasteiger partial charge in [-0.15, -0.1) is 0 Å². The van der Waals surface area contributed by atoms with Gasteiger partial charge in [0, 0.05) is 11.9 Å². The lowest BCUT2D eigenvalue weighted by molar-refractivity contribution is 0.614. The molecule has 1 aliphatic heterocycles. The molecule has 1 aliphatic rings. The quantitative estimate of drug-likeness (QED) is 0.844. The van der Waals surface area contributed by atoms with E-state index in [1.807, 2.05) is 12.1 Å². The number of fused-ring (bicyclic) bond motifs is 1. The second-order valence-electron chi connectivity index (χ2n) is 4.63. The smallest absolute Gasteiger partial charge is 0.126 e. The van der Waals surface area contributed by atoms with Crippen LogP contribution in [0.2, 0.25) is 0 Å². The van der Waals surface area contributed by atoms with Crippen LogP contribution in [0, 0.1) is 5.92 Å². The van der Waals surface area contributed by atoms with Crippen molar-refractivity contribution in [2.24, 2.45) is 5.92 Å². The molecular weight excluding hydrogens is 210 g/mol. The molecule has 1 atom stereocenters. The number of aromatic nitrogens is 1. The molecule has 3 nitrogen and oxygen atoms in total. The predicted molar refractivity (Wildman–Crippen MR) is 71.2 cm³/mol. The van der Waals surface area contributed by atoms with Crippen LogP contribution in [-0.2, 0) is 0 Å². The average Bonchev–Trinajstić information content (AvgIpc) is 2.89. The Bertz CT molecular complexity index is 504. The van der Waals surface area contributed by atoms with Gasteiger partial charge in [0.05, 0.1) is 5.52 Å². The number of hydrogen-bond donors (Lipinski definition) is 2. The highest BCUT2D eigenvalue weighted by atomic mass is 15.0. The van der Waals surface area contributed by atoms with E-state index in [2.05, 4.69) is 39.9 Å². The molecule has 0 radical (unpaired) electrons. The molecule has 0 amide bonds. The molecule has 1 aromatic carbocycles. The summed E-state index contributed by atoms with van der Waals surface area (Å²) in [6, 6.07) is 12.4. The highest BCUT2D eigenvalue weighted by Gasteiger charge is 2.13. The second kappa shape index (κ2) is 4.72. The van der Waals surface area contributed by atoms with E-state index in [1.165, 1.54) is 11.8 Å². The zero-order valence-corrected chi connectivity index (χ0v) is 9.82. The number of rotatable bonds is 3. The lowest BCUT2D eigenvalue weighted by Gasteiger charge is -2.10. The number of para-hydroxylation sites is 1. The Labute approximate surface area is 101 Å². The van der Waals surface area contributed by atoms with Gasteiger partial charge in [-0.05, 0) is 43.6 Å². The number of nitrogens with one attached hydrogen (secondary N) is 2. The first-order valence-corrected chi connectivity index (χ1v) is 6.22. The van der Waals surface area contributed by atoms with Gasteiger partial charge in [-0.3, -0.25) is 0 Å². The molecule has 0 spiro atoms. The summed E-state index contributed by atoms with van der Waals surface area (Å²) < 4.78 is 0. The Morgan fingerprint density at radius 3 is 3.06 bits per heavy atom. The minimum atomic E-state index is 0.739. The normalized spacial score (nSPS) is 19.6. The molecule has 2 heterocycles. The Balaban J connectivity index is 1.72. The van der Waals surface area contributed by atoms with Crippen molar-refractivity contribution in [1.29, 1.82) is 0 Å². The number of benzene rings is 1. The van der Waals surface area contributed by atoms with Crippen LogP contribution in [0.15, 0.2) is 36.4 Å². The van der Waals surface area contributed by atoms with Crippen LogP contribution in [0.3, 0.4) is 0 Å². The zero-order valence-electron chi connectivity index (χ0n) is 9.82. The van der Waals surface area contributed by atoms with Crippen LogP contribution in [0.4, 0.5) is 5.82 Å². The molecule has 0 saturated carbocycles. The first-order valence-electron chi connectivity index (χ1n) is 6.22. The third-order valence-corrected chi connectivity index (χ3v) is 3.33. The second-order valence-corrected chi connectivity index (χ2v) is 4.63. The molecule has 1 unspecified atom stereocenters. The van der Waals surface area contributed by atoms with E-state index in [0.717, 1.165) is 36.9 Å². The monoisotopic (exact) mass is 227 g/mol. The molecular formula is C14H17N3. The summed E-state index contributed by atoms with van der Waals surface area (Å²) in [7, 11) is 0. The minimum Gasteiger partial charge on any atom is -0.370 e. The average molecular weight is 227 g/mol. The van der Waals surface area contributed by atoms with Crippen molar-refractivity contribution in [2.75, 3.05) is 25.0 Å². The fourth-order valence-corrected chi connectivity index (χ4v) is 2.30. The summed E-state index contributed by atoms with van der Waals surface area (Å²) in [6.07, 6.45) is 1.26. The van der Waals surface area contributed by atoms with Crippen LogP contribution in [0.25, 0.3) is 10.9 Å². The summed E-state index contributed by atoms with van der Waals surface area (Å²) in [5.41, 5.74) is 1.06. The number of anilines is 1. The van der Waals surface area contributed by atoms with Gasteiger partial charge in [-0.1, -0.05) is 18.2 Å².